The van der Waals surface area contributed by atoms with E-state index in [1.165, 1.54) is 14.2 Å². The third kappa shape index (κ3) is 3.39. The Kier molecular flexibility index (Phi) is 4.57. The van der Waals surface area contributed by atoms with Gasteiger partial charge in [0.05, 0.1) is 26.6 Å². The maximum atomic E-state index is 11.8. The van der Waals surface area contributed by atoms with Crippen LogP contribution in [0.4, 0.5) is 0 Å². The van der Waals surface area contributed by atoms with Crippen LogP contribution < -0.4 is 0 Å². The lowest BCUT2D eigenvalue weighted by Crippen LogP contribution is -2.22. The molecule has 112 valence electrons. The van der Waals surface area contributed by atoms with Crippen LogP contribution in [0.25, 0.3) is 11.1 Å². The smallest absolute Gasteiger partial charge is 0.309 e. The van der Waals surface area contributed by atoms with Gasteiger partial charge in [0.2, 0.25) is 0 Å². The van der Waals surface area contributed by atoms with Gasteiger partial charge >= 0.3 is 11.9 Å². The van der Waals surface area contributed by atoms with Crippen molar-refractivity contribution in [3.8, 4) is 0 Å². The number of aromatic nitrogens is 1. The van der Waals surface area contributed by atoms with E-state index in [-0.39, 0.29) is 12.8 Å². The molecule has 1 heterocycles. The first-order valence-corrected chi connectivity index (χ1v) is 6.54. The van der Waals surface area contributed by atoms with Gasteiger partial charge in [0, 0.05) is 6.42 Å². The van der Waals surface area contributed by atoms with Crippen molar-refractivity contribution in [2.45, 2.75) is 19.8 Å². The van der Waals surface area contributed by atoms with Gasteiger partial charge in [-0.05, 0) is 18.6 Å². The summed E-state index contributed by atoms with van der Waals surface area (Å²) in [5, 5.41) is 0. The second-order valence-corrected chi connectivity index (χ2v) is 4.73. The molecule has 1 atom stereocenters. The number of carbonyl (C=O) groups excluding carboxylic acids is 2. The average Bonchev–Trinajstić information content (AvgIpc) is 2.89. The van der Waals surface area contributed by atoms with Crippen molar-refractivity contribution in [3.05, 3.63) is 29.7 Å². The van der Waals surface area contributed by atoms with Crippen LogP contribution in [-0.2, 0) is 25.5 Å². The molecule has 6 nitrogen and oxygen atoms in total. The van der Waals surface area contributed by atoms with Crippen molar-refractivity contribution in [3.63, 3.8) is 0 Å². The lowest BCUT2D eigenvalue weighted by Gasteiger charge is -2.10. The predicted octanol–water partition coefficient (Wildman–Crippen LogP) is 2.03. The molecule has 0 saturated carbocycles. The normalized spacial score (nSPS) is 12.1. The number of benzene rings is 1. The number of rotatable bonds is 5. The molecule has 1 aromatic heterocycles. The van der Waals surface area contributed by atoms with E-state index in [9.17, 15) is 9.59 Å². The Morgan fingerprint density at radius 3 is 2.67 bits per heavy atom. The molecule has 0 N–H and O–H groups in total. The molecule has 0 fully saturated rings. The molecular weight excluding hydrogens is 274 g/mol. The zero-order valence-corrected chi connectivity index (χ0v) is 12.2. The molecule has 21 heavy (non-hydrogen) atoms. The van der Waals surface area contributed by atoms with Crippen molar-refractivity contribution < 1.29 is 23.5 Å². The average molecular weight is 291 g/mol. The van der Waals surface area contributed by atoms with Gasteiger partial charge in [-0.15, -0.1) is 0 Å². The third-order valence-corrected chi connectivity index (χ3v) is 3.26. The zero-order chi connectivity index (χ0) is 15.4. The maximum Gasteiger partial charge on any atom is 0.309 e. The van der Waals surface area contributed by atoms with E-state index in [0.29, 0.717) is 11.5 Å². The monoisotopic (exact) mass is 291 g/mol. The Morgan fingerprint density at radius 1 is 1.29 bits per heavy atom. The Bertz CT molecular complexity index is 661. The number of hydrogen-bond donors (Lipinski definition) is 0. The van der Waals surface area contributed by atoms with Crippen LogP contribution in [0.2, 0.25) is 0 Å². The van der Waals surface area contributed by atoms with Gasteiger partial charge in [0.1, 0.15) is 5.52 Å². The van der Waals surface area contributed by atoms with Gasteiger partial charge < -0.3 is 13.9 Å². The first kappa shape index (κ1) is 15.0. The van der Waals surface area contributed by atoms with E-state index in [1.807, 2.05) is 25.1 Å². The van der Waals surface area contributed by atoms with Crippen molar-refractivity contribution in [1.82, 2.24) is 4.98 Å². The summed E-state index contributed by atoms with van der Waals surface area (Å²) >= 11 is 0. The minimum atomic E-state index is -0.671. The number of fused-ring (bicyclic) bond motifs is 1. The second-order valence-electron chi connectivity index (χ2n) is 4.73. The summed E-state index contributed by atoms with van der Waals surface area (Å²) in [6.45, 7) is 1.93. The quantitative estimate of drug-likeness (QED) is 0.784. The van der Waals surface area contributed by atoms with Gasteiger partial charge in [0.15, 0.2) is 11.5 Å². The van der Waals surface area contributed by atoms with Crippen LogP contribution in [0.5, 0.6) is 0 Å². The van der Waals surface area contributed by atoms with E-state index in [1.54, 1.807) is 0 Å². The fourth-order valence-electron chi connectivity index (χ4n) is 2.12. The molecule has 0 spiro atoms. The Labute approximate surface area is 122 Å². The fourth-order valence-corrected chi connectivity index (χ4v) is 2.12. The molecular formula is C15H17NO5. The third-order valence-electron chi connectivity index (χ3n) is 3.26. The molecule has 0 aliphatic carbocycles. The van der Waals surface area contributed by atoms with Gasteiger partial charge in [-0.2, -0.15) is 0 Å². The van der Waals surface area contributed by atoms with E-state index in [2.05, 4.69) is 9.72 Å². The number of carbonyl (C=O) groups is 2. The second kappa shape index (κ2) is 6.39. The molecule has 1 unspecified atom stereocenters. The molecule has 0 aliphatic rings. The SMILES string of the molecule is COC(=O)CC(Cc1nc2c(C)cccc2o1)C(=O)OC. The molecule has 2 aromatic rings. The van der Waals surface area contributed by atoms with Crippen LogP contribution in [0.1, 0.15) is 17.9 Å². The number of esters is 2. The lowest BCUT2D eigenvalue weighted by molar-refractivity contribution is -0.152. The van der Waals surface area contributed by atoms with E-state index < -0.39 is 17.9 Å². The number of nitrogens with zero attached hydrogens (tertiary/aromatic N) is 1. The Hall–Kier alpha value is -2.37. The summed E-state index contributed by atoms with van der Waals surface area (Å²) < 4.78 is 14.9. The van der Waals surface area contributed by atoms with Crippen molar-refractivity contribution in [1.29, 1.82) is 0 Å². The number of methoxy groups -OCH3 is 2. The highest BCUT2D eigenvalue weighted by Crippen LogP contribution is 2.22. The number of aryl methyl sites for hydroxylation is 1. The van der Waals surface area contributed by atoms with Crippen LogP contribution in [-0.4, -0.2) is 31.1 Å². The lowest BCUT2D eigenvalue weighted by atomic mass is 10.0. The van der Waals surface area contributed by atoms with Crippen LogP contribution >= 0.6 is 0 Å². The van der Waals surface area contributed by atoms with E-state index in [4.69, 9.17) is 9.15 Å². The Balaban J connectivity index is 2.23. The number of oxazole rings is 1. The highest BCUT2D eigenvalue weighted by atomic mass is 16.5. The van der Waals surface area contributed by atoms with Gasteiger partial charge in [0.25, 0.3) is 0 Å². The highest BCUT2D eigenvalue weighted by molar-refractivity contribution is 5.80. The van der Waals surface area contributed by atoms with Crippen LogP contribution in [0.15, 0.2) is 22.6 Å². The zero-order valence-electron chi connectivity index (χ0n) is 12.2. The minimum absolute atomic E-state index is 0.0686. The summed E-state index contributed by atoms with van der Waals surface area (Å²) in [5.74, 6) is -1.23. The molecule has 1 aromatic carbocycles. The molecule has 2 rings (SSSR count). The molecule has 0 bridgehead atoms. The number of para-hydroxylation sites is 1. The number of ether oxygens (including phenoxy) is 2. The first-order valence-electron chi connectivity index (χ1n) is 6.54. The summed E-state index contributed by atoms with van der Waals surface area (Å²) in [5.41, 5.74) is 2.41. The number of hydrogen-bond acceptors (Lipinski definition) is 6. The van der Waals surface area contributed by atoms with Gasteiger partial charge in [-0.1, -0.05) is 12.1 Å². The predicted molar refractivity (Wildman–Crippen MR) is 74.6 cm³/mol. The molecule has 0 saturated heterocycles. The molecule has 6 heteroatoms. The molecule has 0 amide bonds. The maximum absolute atomic E-state index is 11.8. The van der Waals surface area contributed by atoms with Gasteiger partial charge in [-0.25, -0.2) is 4.98 Å². The topological polar surface area (TPSA) is 78.6 Å². The largest absolute Gasteiger partial charge is 0.469 e. The van der Waals surface area contributed by atoms with Crippen molar-refractivity contribution in [2.75, 3.05) is 14.2 Å². The van der Waals surface area contributed by atoms with E-state index in [0.717, 1.165) is 11.1 Å². The van der Waals surface area contributed by atoms with Crippen LogP contribution in [0.3, 0.4) is 0 Å². The summed E-state index contributed by atoms with van der Waals surface area (Å²) in [6.07, 6.45) is 0.122. The van der Waals surface area contributed by atoms with Crippen molar-refractivity contribution >= 4 is 23.0 Å². The summed E-state index contributed by atoms with van der Waals surface area (Å²) in [7, 11) is 2.56. The van der Waals surface area contributed by atoms with Crippen LogP contribution in [0, 0.1) is 12.8 Å². The van der Waals surface area contributed by atoms with Gasteiger partial charge in [-0.3, -0.25) is 9.59 Å². The highest BCUT2D eigenvalue weighted by Gasteiger charge is 2.26. The Morgan fingerprint density at radius 2 is 2.05 bits per heavy atom. The first-order chi connectivity index (χ1) is 10.0. The summed E-state index contributed by atoms with van der Waals surface area (Å²) in [6, 6.07) is 5.62. The summed E-state index contributed by atoms with van der Waals surface area (Å²) in [4.78, 5) is 27.5. The molecule has 0 radical (unpaired) electrons. The van der Waals surface area contributed by atoms with E-state index >= 15 is 0 Å². The minimum Gasteiger partial charge on any atom is -0.469 e. The van der Waals surface area contributed by atoms with Crippen molar-refractivity contribution in [2.24, 2.45) is 5.92 Å². The standard InChI is InChI=1S/C15H17NO5/c1-9-5-4-6-11-14(9)16-12(21-11)7-10(15(18)20-3)8-13(17)19-2/h4-6,10H,7-8H2,1-3H3. The fraction of sp³-hybridized carbons (Fsp3) is 0.400. The molecule has 0 aliphatic heterocycles.